The van der Waals surface area contributed by atoms with Crippen molar-refractivity contribution in [1.29, 1.82) is 0 Å². The van der Waals surface area contributed by atoms with Crippen LogP contribution < -0.4 is 10.6 Å². The lowest BCUT2D eigenvalue weighted by molar-refractivity contribution is -0.139. The minimum Gasteiger partial charge on any atom is -0.335 e. The van der Waals surface area contributed by atoms with Crippen LogP contribution in [0.1, 0.15) is 96.5 Å². The standard InChI is InChI=1S/C33H52ClN5O2/c1-3-37(4-2)33(41)39(27-11-6-5-7-12-27)30-21-28-17-18-29(22-30)38(28)32(40)31(20-24-13-15-25(34)16-14-24)36-23-26-10-8-9-19-35-26/h13-16,26-31,35-36H,3-12,17-23H2,1-2H3/t26?,28?,29?,30?,31-/m1/s1. The maximum absolute atomic E-state index is 14.3. The topological polar surface area (TPSA) is 67.9 Å². The molecular weight excluding hydrogens is 534 g/mol. The number of fused-ring (bicyclic) bond motifs is 2. The molecular formula is C33H52ClN5O2. The summed E-state index contributed by atoms with van der Waals surface area (Å²) in [5, 5.41) is 8.04. The molecule has 1 aliphatic carbocycles. The number of hydrogen-bond acceptors (Lipinski definition) is 4. The van der Waals surface area contributed by atoms with Crippen molar-refractivity contribution in [1.82, 2.24) is 25.3 Å². The summed E-state index contributed by atoms with van der Waals surface area (Å²) < 4.78 is 0. The molecule has 3 heterocycles. The second kappa shape index (κ2) is 14.6. The van der Waals surface area contributed by atoms with Crippen molar-refractivity contribution in [2.45, 2.75) is 134 Å². The molecule has 41 heavy (non-hydrogen) atoms. The predicted octanol–water partition coefficient (Wildman–Crippen LogP) is 5.60. The maximum atomic E-state index is 14.3. The zero-order valence-corrected chi connectivity index (χ0v) is 26.1. The van der Waals surface area contributed by atoms with Gasteiger partial charge in [0.1, 0.15) is 0 Å². The van der Waals surface area contributed by atoms with E-state index >= 15 is 0 Å². The molecule has 3 amide bonds. The van der Waals surface area contributed by atoms with Crippen molar-refractivity contribution in [2.75, 3.05) is 26.2 Å². The Bertz CT molecular complexity index is 976. The summed E-state index contributed by atoms with van der Waals surface area (Å²) in [6.45, 7) is 7.53. The van der Waals surface area contributed by atoms with Crippen molar-refractivity contribution in [3.8, 4) is 0 Å². The van der Waals surface area contributed by atoms with Crippen molar-refractivity contribution in [2.24, 2.45) is 0 Å². The van der Waals surface area contributed by atoms with Crippen molar-refractivity contribution < 1.29 is 9.59 Å². The molecule has 1 saturated carbocycles. The number of nitrogens with one attached hydrogen (secondary N) is 2. The minimum atomic E-state index is -0.258. The molecule has 7 nitrogen and oxygen atoms in total. The van der Waals surface area contributed by atoms with Crippen LogP contribution in [0.5, 0.6) is 0 Å². The smallest absolute Gasteiger partial charge is 0.320 e. The zero-order chi connectivity index (χ0) is 28.8. The summed E-state index contributed by atoms with van der Waals surface area (Å²) in [7, 11) is 0. The number of carbonyl (C=O) groups is 2. The fourth-order valence-electron chi connectivity index (χ4n) is 8.03. The van der Waals surface area contributed by atoms with Crippen LogP contribution in [0, 0.1) is 0 Å². The number of urea groups is 1. The van der Waals surface area contributed by atoms with Crippen molar-refractivity contribution in [3.63, 3.8) is 0 Å². The van der Waals surface area contributed by atoms with E-state index in [2.05, 4.69) is 34.3 Å². The number of hydrogen-bond donors (Lipinski definition) is 2. The Balaban J connectivity index is 1.31. The van der Waals surface area contributed by atoms with E-state index < -0.39 is 0 Å². The molecule has 1 aromatic rings. The molecule has 8 heteroatoms. The first-order valence-corrected chi connectivity index (χ1v) is 17.0. The van der Waals surface area contributed by atoms with Gasteiger partial charge in [-0.15, -0.1) is 0 Å². The molecule has 4 aliphatic rings. The minimum absolute atomic E-state index is 0.212. The van der Waals surface area contributed by atoms with Crippen molar-refractivity contribution in [3.05, 3.63) is 34.9 Å². The number of rotatable bonds is 10. The van der Waals surface area contributed by atoms with Crippen LogP contribution in [0.25, 0.3) is 0 Å². The van der Waals surface area contributed by atoms with Crippen LogP contribution in [0.15, 0.2) is 24.3 Å². The largest absolute Gasteiger partial charge is 0.335 e. The van der Waals surface area contributed by atoms with Gasteiger partial charge >= 0.3 is 6.03 Å². The Kier molecular flexibility index (Phi) is 10.9. The third-order valence-electron chi connectivity index (χ3n) is 10.3. The zero-order valence-electron chi connectivity index (χ0n) is 25.3. The van der Waals surface area contributed by atoms with E-state index in [-0.39, 0.29) is 36.1 Å². The highest BCUT2D eigenvalue weighted by Gasteiger charge is 2.48. The molecule has 3 saturated heterocycles. The van der Waals surface area contributed by atoms with Gasteiger partial charge in [-0.1, -0.05) is 49.4 Å². The number of halogens is 1. The van der Waals surface area contributed by atoms with Gasteiger partial charge in [0, 0.05) is 54.9 Å². The molecule has 3 unspecified atom stereocenters. The molecule has 228 valence electrons. The van der Waals surface area contributed by atoms with Gasteiger partial charge in [0.15, 0.2) is 0 Å². The van der Waals surface area contributed by atoms with Crippen LogP contribution in [0.2, 0.25) is 5.02 Å². The number of carbonyl (C=O) groups excluding carboxylic acids is 2. The van der Waals surface area contributed by atoms with Gasteiger partial charge < -0.3 is 25.3 Å². The normalized spacial score (nSPS) is 27.4. The molecule has 0 aromatic heterocycles. The lowest BCUT2D eigenvalue weighted by atomic mass is 9.89. The SMILES string of the molecule is CCN(CC)C(=O)N(C1CCCCC1)C1CC2CCC(C1)N2C(=O)[C@@H](Cc1ccc(Cl)cc1)NCC1CCCCN1. The van der Waals surface area contributed by atoms with E-state index in [0.29, 0.717) is 18.5 Å². The van der Waals surface area contributed by atoms with Gasteiger partial charge in [0.05, 0.1) is 6.04 Å². The highest BCUT2D eigenvalue weighted by atomic mass is 35.5. The highest BCUT2D eigenvalue weighted by molar-refractivity contribution is 6.30. The quantitative estimate of drug-likeness (QED) is 0.375. The lowest BCUT2D eigenvalue weighted by Gasteiger charge is -2.48. The van der Waals surface area contributed by atoms with Gasteiger partial charge in [0.2, 0.25) is 5.91 Å². The molecule has 5 rings (SSSR count). The first kappa shape index (κ1) is 30.6. The third kappa shape index (κ3) is 7.40. The Hall–Kier alpha value is -1.83. The Morgan fingerprint density at radius 2 is 1.59 bits per heavy atom. The monoisotopic (exact) mass is 585 g/mol. The van der Waals surface area contributed by atoms with Crippen LogP contribution in [-0.4, -0.2) is 89.1 Å². The summed E-state index contributed by atoms with van der Waals surface area (Å²) >= 11 is 6.17. The Morgan fingerprint density at radius 1 is 0.927 bits per heavy atom. The fraction of sp³-hybridized carbons (Fsp3) is 0.758. The second-order valence-corrected chi connectivity index (χ2v) is 13.3. The molecule has 4 fully saturated rings. The van der Waals surface area contributed by atoms with E-state index in [0.717, 1.165) is 81.7 Å². The summed E-state index contributed by atoms with van der Waals surface area (Å²) in [6.07, 6.45) is 14.1. The van der Waals surface area contributed by atoms with Gasteiger partial charge in [-0.3, -0.25) is 4.79 Å². The number of benzene rings is 1. The molecule has 0 spiro atoms. The summed E-state index contributed by atoms with van der Waals surface area (Å²) in [5.41, 5.74) is 1.13. The summed E-state index contributed by atoms with van der Waals surface area (Å²) in [5.74, 6) is 0.237. The fourth-order valence-corrected chi connectivity index (χ4v) is 8.15. The second-order valence-electron chi connectivity index (χ2n) is 12.8. The van der Waals surface area contributed by atoms with E-state index in [1.54, 1.807) is 0 Å². The average molecular weight is 586 g/mol. The highest BCUT2D eigenvalue weighted by Crippen LogP contribution is 2.40. The Morgan fingerprint density at radius 3 is 2.20 bits per heavy atom. The van der Waals surface area contributed by atoms with Gasteiger partial charge in [0.25, 0.3) is 0 Å². The van der Waals surface area contributed by atoms with E-state index in [9.17, 15) is 9.59 Å². The van der Waals surface area contributed by atoms with Crippen LogP contribution >= 0.6 is 11.6 Å². The summed E-state index contributed by atoms with van der Waals surface area (Å²) in [4.78, 5) is 34.7. The van der Waals surface area contributed by atoms with Crippen LogP contribution in [0.4, 0.5) is 4.79 Å². The number of piperidine rings is 2. The molecule has 0 radical (unpaired) electrons. The maximum Gasteiger partial charge on any atom is 0.320 e. The molecule has 2 bridgehead atoms. The van der Waals surface area contributed by atoms with E-state index in [1.165, 1.54) is 32.1 Å². The summed E-state index contributed by atoms with van der Waals surface area (Å²) in [6, 6.07) is 9.30. The third-order valence-corrected chi connectivity index (χ3v) is 10.5. The molecule has 1 aromatic carbocycles. The van der Waals surface area contributed by atoms with Gasteiger partial charge in [-0.2, -0.15) is 0 Å². The Labute approximate surface area is 252 Å². The molecule has 2 N–H and O–H groups in total. The van der Waals surface area contributed by atoms with Crippen LogP contribution in [0.3, 0.4) is 0 Å². The number of amides is 3. The molecule has 4 atom stereocenters. The predicted molar refractivity (Wildman–Crippen MR) is 166 cm³/mol. The number of nitrogens with zero attached hydrogens (tertiary/aromatic N) is 3. The van der Waals surface area contributed by atoms with Crippen LogP contribution in [-0.2, 0) is 11.2 Å². The first-order chi connectivity index (χ1) is 20.0. The van der Waals surface area contributed by atoms with E-state index in [4.69, 9.17) is 11.6 Å². The average Bonchev–Trinajstić information content (AvgIpc) is 3.27. The molecule has 3 aliphatic heterocycles. The van der Waals surface area contributed by atoms with Gasteiger partial charge in [-0.25, -0.2) is 4.79 Å². The van der Waals surface area contributed by atoms with Crippen molar-refractivity contribution >= 4 is 23.5 Å². The lowest BCUT2D eigenvalue weighted by Crippen LogP contribution is -2.61. The first-order valence-electron chi connectivity index (χ1n) is 16.6. The van der Waals surface area contributed by atoms with E-state index in [1.807, 2.05) is 29.2 Å². The van der Waals surface area contributed by atoms with Gasteiger partial charge in [-0.05, 0) is 95.9 Å².